The number of unbranched alkanes of at least 4 members (excludes halogenated alkanes) is 13. The van der Waals surface area contributed by atoms with E-state index in [1.54, 1.807) is 0 Å². The number of rotatable bonds is 22. The molecule has 0 amide bonds. The first-order chi connectivity index (χ1) is 15.5. The fourth-order valence-corrected chi connectivity index (χ4v) is 5.20. The molecular formula is C27H55NO4P+. The molecule has 0 spiro atoms. The van der Waals surface area contributed by atoms with E-state index in [2.05, 4.69) is 31.2 Å². The summed E-state index contributed by atoms with van der Waals surface area (Å²) in [6.07, 6.45) is 28.4. The molecule has 0 bridgehead atoms. The second-order valence-corrected chi connectivity index (χ2v) is 12.6. The van der Waals surface area contributed by atoms with Crippen molar-refractivity contribution in [1.29, 1.82) is 0 Å². The summed E-state index contributed by atoms with van der Waals surface area (Å²) in [4.78, 5) is 19.2. The quantitative estimate of drug-likeness (QED) is 0.0645. The third-order valence-electron chi connectivity index (χ3n) is 6.00. The smallest absolute Gasteiger partial charge is 0.362 e. The molecule has 0 aliphatic heterocycles. The van der Waals surface area contributed by atoms with Crippen LogP contribution in [0.1, 0.15) is 116 Å². The molecule has 0 aromatic rings. The van der Waals surface area contributed by atoms with Gasteiger partial charge in [0.1, 0.15) is 6.54 Å². The Hall–Kier alpha value is -0.450. The highest BCUT2D eigenvalue weighted by atomic mass is 31.2. The van der Waals surface area contributed by atoms with Crippen molar-refractivity contribution in [1.82, 2.24) is 0 Å². The first-order valence-corrected chi connectivity index (χ1v) is 15.0. The van der Waals surface area contributed by atoms with Crippen molar-refractivity contribution in [3.63, 3.8) is 0 Å². The van der Waals surface area contributed by atoms with Gasteiger partial charge in [-0.1, -0.05) is 82.6 Å². The maximum atomic E-state index is 11.8. The predicted octanol–water partition coefficient (Wildman–Crippen LogP) is 7.32. The molecule has 5 nitrogen and oxygen atoms in total. The molecule has 0 radical (unpaired) electrons. The Labute approximate surface area is 205 Å². The maximum absolute atomic E-state index is 11.8. The summed E-state index contributed by atoms with van der Waals surface area (Å²) in [5.74, 6) is 0. The van der Waals surface area contributed by atoms with Gasteiger partial charge in [0.15, 0.2) is 0 Å². The molecule has 1 unspecified atom stereocenters. The molecule has 0 fully saturated rings. The van der Waals surface area contributed by atoms with Gasteiger partial charge in [-0.3, -0.25) is 4.57 Å². The van der Waals surface area contributed by atoms with Gasteiger partial charge in [0.25, 0.3) is 0 Å². The Morgan fingerprint density at radius 1 is 0.667 bits per heavy atom. The van der Waals surface area contributed by atoms with Crippen molar-refractivity contribution < 1.29 is 23.9 Å². The topological polar surface area (TPSA) is 77.8 Å². The lowest BCUT2D eigenvalue weighted by molar-refractivity contribution is -0.875. The minimum Gasteiger partial charge on any atom is -0.373 e. The van der Waals surface area contributed by atoms with Crippen LogP contribution in [0.2, 0.25) is 0 Å². The van der Waals surface area contributed by atoms with Crippen LogP contribution in [0.15, 0.2) is 24.3 Å². The standard InChI is InChI=1S/C27H54NO4P/c1-5-6-7-8-9-10-11-12-13-14-15-16-17-18-19-20-21-22-23-24-25-27(29,33(30,31)32)26-28(2,3)4/h7-8,19-20,29H,5-6,9-18,21-26H2,1-4H3,(H-,30,31,32)/p+1/b8-7-,20-19-. The lowest BCUT2D eigenvalue weighted by Crippen LogP contribution is -2.49. The lowest BCUT2D eigenvalue weighted by Gasteiger charge is -2.35. The predicted molar refractivity (Wildman–Crippen MR) is 142 cm³/mol. The molecule has 1 atom stereocenters. The minimum atomic E-state index is -4.56. The van der Waals surface area contributed by atoms with Crippen molar-refractivity contribution in [3.8, 4) is 0 Å². The van der Waals surface area contributed by atoms with E-state index in [0.717, 1.165) is 25.7 Å². The second-order valence-electron chi connectivity index (χ2n) is 10.7. The van der Waals surface area contributed by atoms with Gasteiger partial charge in [0.05, 0.1) is 21.1 Å². The molecule has 33 heavy (non-hydrogen) atoms. The van der Waals surface area contributed by atoms with Gasteiger partial charge >= 0.3 is 7.60 Å². The van der Waals surface area contributed by atoms with Gasteiger partial charge in [-0.25, -0.2) is 0 Å². The number of hydrogen-bond donors (Lipinski definition) is 3. The van der Waals surface area contributed by atoms with Crippen molar-refractivity contribution in [2.24, 2.45) is 0 Å². The SMILES string of the molecule is CCC/C=C\CCCCCCCCCC/C=C\CCCCCC(O)(C[N+](C)(C)C)P(=O)(O)O. The van der Waals surface area contributed by atoms with Crippen LogP contribution < -0.4 is 0 Å². The Morgan fingerprint density at radius 3 is 1.39 bits per heavy atom. The van der Waals surface area contributed by atoms with E-state index in [-0.39, 0.29) is 13.0 Å². The van der Waals surface area contributed by atoms with E-state index in [9.17, 15) is 19.5 Å². The van der Waals surface area contributed by atoms with E-state index < -0.39 is 12.9 Å². The van der Waals surface area contributed by atoms with Crippen LogP contribution in [-0.2, 0) is 4.57 Å². The van der Waals surface area contributed by atoms with Crippen molar-refractivity contribution in [2.45, 2.75) is 121 Å². The van der Waals surface area contributed by atoms with E-state index in [1.165, 1.54) is 70.6 Å². The maximum Gasteiger partial charge on any atom is 0.362 e. The summed E-state index contributed by atoms with van der Waals surface area (Å²) in [7, 11) is 0.947. The van der Waals surface area contributed by atoms with Crippen LogP contribution in [0.4, 0.5) is 0 Å². The summed E-state index contributed by atoms with van der Waals surface area (Å²) in [6, 6.07) is 0. The Kier molecular flexibility index (Phi) is 18.6. The summed E-state index contributed by atoms with van der Waals surface area (Å²) in [6.45, 7) is 2.27. The number of quaternary nitrogens is 1. The van der Waals surface area contributed by atoms with Gasteiger partial charge in [0, 0.05) is 0 Å². The first kappa shape index (κ1) is 32.5. The van der Waals surface area contributed by atoms with Crippen molar-refractivity contribution >= 4 is 7.60 Å². The van der Waals surface area contributed by atoms with E-state index in [4.69, 9.17) is 0 Å². The molecule has 0 saturated heterocycles. The highest BCUT2D eigenvalue weighted by molar-refractivity contribution is 7.53. The number of likely N-dealkylation sites (N-methyl/N-ethyl adjacent to an activating group) is 1. The molecule has 0 saturated carbocycles. The lowest BCUT2D eigenvalue weighted by atomic mass is 10.1. The van der Waals surface area contributed by atoms with Gasteiger partial charge < -0.3 is 19.4 Å². The first-order valence-electron chi connectivity index (χ1n) is 13.4. The largest absolute Gasteiger partial charge is 0.373 e. The van der Waals surface area contributed by atoms with Gasteiger partial charge in [-0.05, 0) is 57.8 Å². The van der Waals surface area contributed by atoms with E-state index in [1.807, 2.05) is 21.1 Å². The monoisotopic (exact) mass is 488 g/mol. The number of hydrogen-bond acceptors (Lipinski definition) is 2. The second kappa shape index (κ2) is 18.8. The summed E-state index contributed by atoms with van der Waals surface area (Å²) in [5, 5.41) is 8.62. The third-order valence-corrected chi connectivity index (χ3v) is 7.45. The van der Waals surface area contributed by atoms with E-state index >= 15 is 0 Å². The van der Waals surface area contributed by atoms with Crippen molar-refractivity contribution in [2.75, 3.05) is 27.7 Å². The van der Waals surface area contributed by atoms with E-state index in [0.29, 0.717) is 10.9 Å². The highest BCUT2D eigenvalue weighted by Gasteiger charge is 2.48. The molecular weight excluding hydrogens is 433 g/mol. The van der Waals surface area contributed by atoms with Gasteiger partial charge in [-0.2, -0.15) is 0 Å². The summed E-state index contributed by atoms with van der Waals surface area (Å²) >= 11 is 0. The molecule has 0 aromatic carbocycles. The van der Waals surface area contributed by atoms with Crippen LogP contribution in [0, 0.1) is 0 Å². The average Bonchev–Trinajstić information content (AvgIpc) is 2.70. The van der Waals surface area contributed by atoms with Crippen molar-refractivity contribution in [3.05, 3.63) is 24.3 Å². The molecule has 0 rings (SSSR count). The zero-order valence-corrected chi connectivity index (χ0v) is 23.1. The van der Waals surface area contributed by atoms with Gasteiger partial charge in [0.2, 0.25) is 5.34 Å². The van der Waals surface area contributed by atoms with Crippen LogP contribution in [0.25, 0.3) is 0 Å². The fraction of sp³-hybridized carbons (Fsp3) is 0.852. The molecule has 0 aliphatic carbocycles. The average molecular weight is 489 g/mol. The molecule has 6 heteroatoms. The molecule has 0 aliphatic rings. The third kappa shape index (κ3) is 19.5. The minimum absolute atomic E-state index is 0.0495. The zero-order chi connectivity index (χ0) is 25.1. The Morgan fingerprint density at radius 2 is 1.03 bits per heavy atom. The fourth-order valence-electron chi connectivity index (χ4n) is 4.15. The number of allylic oxidation sites excluding steroid dienone is 4. The molecule has 0 aromatic heterocycles. The summed E-state index contributed by atoms with van der Waals surface area (Å²) in [5.41, 5.74) is 0. The van der Waals surface area contributed by atoms with Crippen LogP contribution in [0.3, 0.4) is 0 Å². The normalized spacial score (nSPS) is 15.0. The zero-order valence-electron chi connectivity index (χ0n) is 22.2. The van der Waals surface area contributed by atoms with Gasteiger partial charge in [-0.15, -0.1) is 0 Å². The van der Waals surface area contributed by atoms with Crippen LogP contribution in [0.5, 0.6) is 0 Å². The van der Waals surface area contributed by atoms with Crippen LogP contribution >= 0.6 is 7.60 Å². The Bertz CT molecular complexity index is 565. The molecule has 0 heterocycles. The molecule has 3 N–H and O–H groups in total. The summed E-state index contributed by atoms with van der Waals surface area (Å²) < 4.78 is 12.1. The molecule has 196 valence electrons. The number of nitrogens with zero attached hydrogens (tertiary/aromatic N) is 1. The highest BCUT2D eigenvalue weighted by Crippen LogP contribution is 2.52. The number of aliphatic hydroxyl groups is 1. The van der Waals surface area contributed by atoms with Crippen LogP contribution in [-0.4, -0.2) is 52.4 Å². The Balaban J connectivity index is 3.62.